The number of aromatic nitrogens is 1. The molecule has 2 N–H and O–H groups in total. The predicted octanol–water partition coefficient (Wildman–Crippen LogP) is 2.77. The largest absolute Gasteiger partial charge is 0.379 e. The first-order valence-corrected chi connectivity index (χ1v) is 7.52. The zero-order valence-corrected chi connectivity index (χ0v) is 12.9. The van der Waals surface area contributed by atoms with Gasteiger partial charge in [0, 0.05) is 17.4 Å². The summed E-state index contributed by atoms with van der Waals surface area (Å²) in [6, 6.07) is 10.2. The van der Waals surface area contributed by atoms with Crippen LogP contribution in [0.5, 0.6) is 0 Å². The molecule has 0 aliphatic carbocycles. The number of fused-ring (bicyclic) bond motifs is 1. The van der Waals surface area contributed by atoms with Crippen molar-refractivity contribution in [3.63, 3.8) is 0 Å². The van der Waals surface area contributed by atoms with E-state index in [0.717, 1.165) is 42.6 Å². The van der Waals surface area contributed by atoms with Gasteiger partial charge in [-0.3, -0.25) is 0 Å². The highest BCUT2D eigenvalue weighted by Crippen LogP contribution is 2.19. The third-order valence-electron chi connectivity index (χ3n) is 3.12. The van der Waals surface area contributed by atoms with Gasteiger partial charge in [0.1, 0.15) is 11.7 Å². The Hall–Kier alpha value is -1.16. The highest BCUT2D eigenvalue weighted by Gasteiger charge is 2.06. The number of para-hydroxylation sites is 1. The smallest absolute Gasteiger partial charge is 0.138 e. The summed E-state index contributed by atoms with van der Waals surface area (Å²) < 4.78 is 5.52. The Morgan fingerprint density at radius 1 is 1.30 bits per heavy atom. The van der Waals surface area contributed by atoms with Crippen molar-refractivity contribution in [2.45, 2.75) is 32.9 Å². The lowest BCUT2D eigenvalue weighted by Gasteiger charge is -2.07. The van der Waals surface area contributed by atoms with Crippen LogP contribution in [0, 0.1) is 0 Å². The van der Waals surface area contributed by atoms with Crippen LogP contribution in [0.1, 0.15) is 25.8 Å². The van der Waals surface area contributed by atoms with Crippen LogP contribution in [0.15, 0.2) is 30.3 Å². The van der Waals surface area contributed by atoms with Crippen LogP contribution in [-0.4, -0.2) is 24.2 Å². The molecule has 0 fully saturated rings. The van der Waals surface area contributed by atoms with Crippen molar-refractivity contribution in [3.8, 4) is 0 Å². The molecule has 0 aliphatic rings. The van der Waals surface area contributed by atoms with E-state index in [4.69, 9.17) is 16.3 Å². The zero-order chi connectivity index (χ0) is 14.4. The van der Waals surface area contributed by atoms with Crippen molar-refractivity contribution < 1.29 is 10.1 Å². The Bertz CT molecular complexity index is 557. The van der Waals surface area contributed by atoms with Crippen LogP contribution >= 0.6 is 11.6 Å². The van der Waals surface area contributed by atoms with Gasteiger partial charge in [-0.1, -0.05) is 29.8 Å². The minimum atomic E-state index is 0.314. The zero-order valence-electron chi connectivity index (χ0n) is 12.1. The molecular formula is C16H22ClN2O+. The molecule has 108 valence electrons. The topological polar surface area (TPSA) is 38.7 Å². The molecular weight excluding hydrogens is 272 g/mol. The molecule has 2 rings (SSSR count). The summed E-state index contributed by atoms with van der Waals surface area (Å²) in [5.74, 6) is 0. The second kappa shape index (κ2) is 7.58. The van der Waals surface area contributed by atoms with Gasteiger partial charge >= 0.3 is 0 Å². The van der Waals surface area contributed by atoms with Gasteiger partial charge in [0.25, 0.3) is 0 Å². The molecule has 0 amide bonds. The summed E-state index contributed by atoms with van der Waals surface area (Å²) in [6.07, 6.45) is 1.37. The molecule has 0 bridgehead atoms. The first kappa shape index (κ1) is 15.2. The first-order valence-electron chi connectivity index (χ1n) is 7.14. The van der Waals surface area contributed by atoms with Gasteiger partial charge in [0.05, 0.1) is 24.8 Å². The highest BCUT2D eigenvalue weighted by atomic mass is 35.5. The van der Waals surface area contributed by atoms with Crippen molar-refractivity contribution >= 4 is 22.5 Å². The number of nitrogens with zero attached hydrogens (tertiary/aromatic N) is 1. The van der Waals surface area contributed by atoms with Crippen molar-refractivity contribution in [1.82, 2.24) is 4.98 Å². The summed E-state index contributed by atoms with van der Waals surface area (Å²) in [4.78, 5) is 4.43. The molecule has 1 heterocycles. The van der Waals surface area contributed by atoms with E-state index in [-0.39, 0.29) is 0 Å². The summed E-state index contributed by atoms with van der Waals surface area (Å²) in [7, 11) is 0. The van der Waals surface area contributed by atoms with Crippen LogP contribution in [-0.2, 0) is 11.3 Å². The second-order valence-electron chi connectivity index (χ2n) is 5.19. The third kappa shape index (κ3) is 4.44. The molecule has 3 nitrogen and oxygen atoms in total. The second-order valence-corrected chi connectivity index (χ2v) is 5.54. The molecule has 20 heavy (non-hydrogen) atoms. The maximum atomic E-state index is 6.23. The average molecular weight is 294 g/mol. The minimum Gasteiger partial charge on any atom is -0.379 e. The summed E-state index contributed by atoms with van der Waals surface area (Å²) in [6.45, 7) is 6.83. The molecule has 2 aromatic rings. The standard InChI is InChI=1S/C16H21ClN2O/c1-12(2)20-9-5-8-18-11-14-10-13-6-3-4-7-15(13)19-16(14)17/h3-4,6-7,10,12,18H,5,8-9,11H2,1-2H3/p+1. The highest BCUT2D eigenvalue weighted by molar-refractivity contribution is 6.30. The van der Waals surface area contributed by atoms with E-state index in [2.05, 4.69) is 36.3 Å². The van der Waals surface area contributed by atoms with Gasteiger partial charge in [-0.2, -0.15) is 0 Å². The SMILES string of the molecule is CC(C)OCCC[NH2+]Cc1cc2ccccc2nc1Cl. The molecule has 0 aliphatic heterocycles. The lowest BCUT2D eigenvalue weighted by atomic mass is 10.1. The number of rotatable bonds is 7. The molecule has 0 unspecified atom stereocenters. The maximum absolute atomic E-state index is 6.23. The van der Waals surface area contributed by atoms with E-state index in [1.54, 1.807) is 0 Å². The van der Waals surface area contributed by atoms with E-state index in [1.165, 1.54) is 0 Å². The number of pyridine rings is 1. The molecule has 1 aromatic heterocycles. The molecule has 0 radical (unpaired) electrons. The Balaban J connectivity index is 1.85. The van der Waals surface area contributed by atoms with E-state index < -0.39 is 0 Å². The fraction of sp³-hybridized carbons (Fsp3) is 0.438. The van der Waals surface area contributed by atoms with Gasteiger partial charge in [-0.15, -0.1) is 0 Å². The number of nitrogens with two attached hydrogens (primary N) is 1. The Morgan fingerprint density at radius 2 is 2.10 bits per heavy atom. The van der Waals surface area contributed by atoms with E-state index in [0.29, 0.717) is 11.3 Å². The summed E-state index contributed by atoms with van der Waals surface area (Å²) in [5.41, 5.74) is 2.04. The van der Waals surface area contributed by atoms with Gasteiger partial charge in [-0.05, 0) is 26.0 Å². The number of ether oxygens (including phenoxy) is 1. The van der Waals surface area contributed by atoms with Crippen LogP contribution < -0.4 is 5.32 Å². The number of quaternary nitrogens is 1. The Morgan fingerprint density at radius 3 is 2.90 bits per heavy atom. The molecule has 0 saturated heterocycles. The van der Waals surface area contributed by atoms with Crippen molar-refractivity contribution in [2.24, 2.45) is 0 Å². The molecule has 0 spiro atoms. The Kier molecular flexibility index (Phi) is 5.77. The maximum Gasteiger partial charge on any atom is 0.138 e. The van der Waals surface area contributed by atoms with Crippen LogP contribution in [0.3, 0.4) is 0 Å². The van der Waals surface area contributed by atoms with E-state index in [9.17, 15) is 0 Å². The summed E-state index contributed by atoms with van der Waals surface area (Å²) >= 11 is 6.23. The predicted molar refractivity (Wildman–Crippen MR) is 83.0 cm³/mol. The fourth-order valence-corrected chi connectivity index (χ4v) is 2.31. The third-order valence-corrected chi connectivity index (χ3v) is 3.45. The minimum absolute atomic E-state index is 0.314. The number of hydrogen-bond donors (Lipinski definition) is 1. The fourth-order valence-electron chi connectivity index (χ4n) is 2.08. The van der Waals surface area contributed by atoms with Crippen molar-refractivity contribution in [1.29, 1.82) is 0 Å². The normalized spacial score (nSPS) is 11.4. The number of benzene rings is 1. The Labute approximate surface area is 125 Å². The monoisotopic (exact) mass is 293 g/mol. The molecule has 4 heteroatoms. The first-order chi connectivity index (χ1) is 9.66. The number of halogens is 1. The van der Waals surface area contributed by atoms with Crippen molar-refractivity contribution in [2.75, 3.05) is 13.2 Å². The van der Waals surface area contributed by atoms with Gasteiger partial charge in [0.15, 0.2) is 0 Å². The van der Waals surface area contributed by atoms with E-state index in [1.807, 2.05) is 18.2 Å². The summed E-state index contributed by atoms with van der Waals surface area (Å²) in [5, 5.41) is 4.00. The van der Waals surface area contributed by atoms with E-state index >= 15 is 0 Å². The van der Waals surface area contributed by atoms with Gasteiger partial charge < -0.3 is 10.1 Å². The molecule has 1 aromatic carbocycles. The lowest BCUT2D eigenvalue weighted by molar-refractivity contribution is -0.671. The van der Waals surface area contributed by atoms with Crippen molar-refractivity contribution in [3.05, 3.63) is 41.0 Å². The number of hydrogen-bond acceptors (Lipinski definition) is 2. The molecule has 0 saturated carbocycles. The van der Waals surface area contributed by atoms with Crippen LogP contribution in [0.4, 0.5) is 0 Å². The molecule has 0 atom stereocenters. The van der Waals surface area contributed by atoms with Gasteiger partial charge in [0.2, 0.25) is 0 Å². The van der Waals surface area contributed by atoms with Crippen LogP contribution in [0.2, 0.25) is 5.15 Å². The average Bonchev–Trinajstić information content (AvgIpc) is 2.42. The quantitative estimate of drug-likeness (QED) is 0.630. The lowest BCUT2D eigenvalue weighted by Crippen LogP contribution is -2.82. The van der Waals surface area contributed by atoms with Gasteiger partial charge in [-0.25, -0.2) is 4.98 Å². The van der Waals surface area contributed by atoms with Crippen LogP contribution in [0.25, 0.3) is 10.9 Å².